The Balaban J connectivity index is 1.83. The van der Waals surface area contributed by atoms with Gasteiger partial charge in [-0.25, -0.2) is 0 Å². The molecule has 0 radical (unpaired) electrons. The first kappa shape index (κ1) is 13.2. The van der Waals surface area contributed by atoms with Crippen LogP contribution in [0.2, 0.25) is 5.28 Å². The van der Waals surface area contributed by atoms with Gasteiger partial charge in [-0.1, -0.05) is 0 Å². The van der Waals surface area contributed by atoms with E-state index in [2.05, 4.69) is 24.8 Å². The van der Waals surface area contributed by atoms with Crippen LogP contribution < -0.4 is 9.80 Å². The number of halogens is 1. The Hall–Kier alpha value is -0.750. The van der Waals surface area contributed by atoms with Gasteiger partial charge in [-0.15, -0.1) is 0 Å². The van der Waals surface area contributed by atoms with Crippen LogP contribution in [0.4, 0.5) is 11.9 Å². The van der Waals surface area contributed by atoms with Crippen LogP contribution in [-0.4, -0.2) is 52.6 Å². The lowest BCUT2D eigenvalue weighted by Crippen LogP contribution is -2.29. The minimum absolute atomic E-state index is 0.309. The Morgan fingerprint density at radius 1 is 0.789 bits per heavy atom. The molecule has 0 N–H and O–H groups in total. The van der Waals surface area contributed by atoms with Crippen molar-refractivity contribution in [2.75, 3.05) is 47.5 Å². The zero-order valence-electron chi connectivity index (χ0n) is 10.9. The van der Waals surface area contributed by atoms with Gasteiger partial charge >= 0.3 is 0 Å². The second kappa shape index (κ2) is 6.13. The Morgan fingerprint density at radius 3 is 2.16 bits per heavy atom. The Morgan fingerprint density at radius 2 is 1.42 bits per heavy atom. The van der Waals surface area contributed by atoms with Gasteiger partial charge in [0.15, 0.2) is 0 Å². The first-order valence-electron chi connectivity index (χ1n) is 6.82. The summed E-state index contributed by atoms with van der Waals surface area (Å²) in [5, 5.41) is 0.309. The molecule has 1 aromatic heterocycles. The van der Waals surface area contributed by atoms with E-state index in [0.717, 1.165) is 43.8 Å². The van der Waals surface area contributed by atoms with E-state index in [9.17, 15) is 0 Å². The molecule has 104 valence electrons. The lowest BCUT2D eigenvalue weighted by molar-refractivity contribution is 0.768. The van der Waals surface area contributed by atoms with Crippen LogP contribution >= 0.6 is 23.4 Å². The molecule has 0 spiro atoms. The summed E-state index contributed by atoms with van der Waals surface area (Å²) in [6.45, 7) is 4.04. The van der Waals surface area contributed by atoms with Crippen molar-refractivity contribution in [3.63, 3.8) is 0 Å². The maximum Gasteiger partial charge on any atom is 0.231 e. The van der Waals surface area contributed by atoms with Crippen molar-refractivity contribution in [1.29, 1.82) is 0 Å². The molecule has 0 aromatic carbocycles. The molecule has 5 nitrogen and oxygen atoms in total. The van der Waals surface area contributed by atoms with Crippen molar-refractivity contribution in [2.24, 2.45) is 0 Å². The molecule has 0 saturated carbocycles. The molecule has 0 aliphatic carbocycles. The molecule has 0 unspecified atom stereocenters. The van der Waals surface area contributed by atoms with Gasteiger partial charge in [0, 0.05) is 31.9 Å². The maximum absolute atomic E-state index is 6.07. The number of anilines is 2. The molecule has 3 heterocycles. The van der Waals surface area contributed by atoms with E-state index in [4.69, 9.17) is 11.6 Å². The third-order valence-corrected chi connectivity index (χ3v) is 4.70. The fraction of sp³-hybridized carbons (Fsp3) is 0.750. The number of thioether (sulfide) groups is 1. The van der Waals surface area contributed by atoms with Gasteiger partial charge in [-0.05, 0) is 36.6 Å². The van der Waals surface area contributed by atoms with Crippen molar-refractivity contribution in [2.45, 2.75) is 19.3 Å². The Kier molecular flexibility index (Phi) is 4.28. The fourth-order valence-corrected chi connectivity index (χ4v) is 3.51. The molecule has 0 bridgehead atoms. The van der Waals surface area contributed by atoms with Crippen LogP contribution in [0.1, 0.15) is 19.3 Å². The van der Waals surface area contributed by atoms with Gasteiger partial charge in [-0.2, -0.15) is 26.7 Å². The normalized spacial score (nSPS) is 20.7. The molecule has 2 fully saturated rings. The molecular formula is C12H18ClN5S. The van der Waals surface area contributed by atoms with E-state index in [1.165, 1.54) is 25.0 Å². The third kappa shape index (κ3) is 3.23. The maximum atomic E-state index is 6.07. The van der Waals surface area contributed by atoms with Gasteiger partial charge in [0.1, 0.15) is 0 Å². The van der Waals surface area contributed by atoms with Gasteiger partial charge in [0.05, 0.1) is 0 Å². The van der Waals surface area contributed by atoms with Crippen molar-refractivity contribution in [3.05, 3.63) is 5.28 Å². The highest BCUT2D eigenvalue weighted by molar-refractivity contribution is 7.99. The number of rotatable bonds is 2. The average molecular weight is 300 g/mol. The molecule has 2 aliphatic heterocycles. The SMILES string of the molecule is Clc1nc(N2CCCC2)nc(N2CCCSCC2)n1. The quantitative estimate of drug-likeness (QED) is 0.833. The molecule has 7 heteroatoms. The molecule has 0 amide bonds. The summed E-state index contributed by atoms with van der Waals surface area (Å²) in [5.74, 6) is 3.82. The standard InChI is InChI=1S/C12H18ClN5S/c13-10-14-11(17-4-1-2-5-17)16-12(15-10)18-6-3-8-19-9-7-18/h1-9H2. The topological polar surface area (TPSA) is 45.2 Å². The molecule has 3 rings (SSSR count). The minimum Gasteiger partial charge on any atom is -0.341 e. The predicted octanol–water partition coefficient (Wildman–Crippen LogP) is 2.07. The highest BCUT2D eigenvalue weighted by Gasteiger charge is 2.19. The number of nitrogens with zero attached hydrogens (tertiary/aromatic N) is 5. The van der Waals surface area contributed by atoms with E-state index in [0.29, 0.717) is 5.28 Å². The Labute approximate surface area is 122 Å². The molecule has 0 atom stereocenters. The van der Waals surface area contributed by atoms with Crippen LogP contribution in [0, 0.1) is 0 Å². The summed E-state index contributed by atoms with van der Waals surface area (Å²) in [4.78, 5) is 17.6. The van der Waals surface area contributed by atoms with Crippen molar-refractivity contribution in [1.82, 2.24) is 15.0 Å². The second-order valence-corrected chi connectivity index (χ2v) is 6.41. The van der Waals surface area contributed by atoms with Gasteiger partial charge in [0.25, 0.3) is 0 Å². The Bertz CT molecular complexity index is 430. The summed E-state index contributed by atoms with van der Waals surface area (Å²) in [6, 6.07) is 0. The third-order valence-electron chi connectivity index (χ3n) is 3.48. The molecule has 1 aromatic rings. The smallest absolute Gasteiger partial charge is 0.231 e. The first-order chi connectivity index (χ1) is 9.33. The monoisotopic (exact) mass is 299 g/mol. The van der Waals surface area contributed by atoms with Gasteiger partial charge in [-0.3, -0.25) is 0 Å². The van der Waals surface area contributed by atoms with Crippen molar-refractivity contribution in [3.8, 4) is 0 Å². The van der Waals surface area contributed by atoms with Crippen LogP contribution in [-0.2, 0) is 0 Å². The lowest BCUT2D eigenvalue weighted by Gasteiger charge is -2.22. The first-order valence-corrected chi connectivity index (χ1v) is 8.35. The van der Waals surface area contributed by atoms with E-state index in [1.807, 2.05) is 11.8 Å². The lowest BCUT2D eigenvalue weighted by atomic mass is 10.4. The zero-order valence-corrected chi connectivity index (χ0v) is 12.5. The number of hydrogen-bond acceptors (Lipinski definition) is 6. The van der Waals surface area contributed by atoms with Crippen LogP contribution in [0.5, 0.6) is 0 Å². The van der Waals surface area contributed by atoms with Gasteiger partial charge < -0.3 is 9.80 Å². The van der Waals surface area contributed by atoms with Crippen molar-refractivity contribution < 1.29 is 0 Å². The second-order valence-electron chi connectivity index (χ2n) is 4.85. The average Bonchev–Trinajstić information content (AvgIpc) is 2.81. The highest BCUT2D eigenvalue weighted by Crippen LogP contribution is 2.22. The molecule has 2 saturated heterocycles. The molecule has 2 aliphatic rings. The fourth-order valence-electron chi connectivity index (χ4n) is 2.48. The minimum atomic E-state index is 0.309. The van der Waals surface area contributed by atoms with E-state index in [-0.39, 0.29) is 0 Å². The summed E-state index contributed by atoms with van der Waals surface area (Å²) in [7, 11) is 0. The van der Waals surface area contributed by atoms with Gasteiger partial charge in [0.2, 0.25) is 17.2 Å². The van der Waals surface area contributed by atoms with E-state index in [1.54, 1.807) is 0 Å². The molecule has 19 heavy (non-hydrogen) atoms. The summed E-state index contributed by atoms with van der Waals surface area (Å²) >= 11 is 8.06. The molecular weight excluding hydrogens is 282 g/mol. The largest absolute Gasteiger partial charge is 0.341 e. The summed E-state index contributed by atoms with van der Waals surface area (Å²) < 4.78 is 0. The zero-order chi connectivity index (χ0) is 13.1. The van der Waals surface area contributed by atoms with Crippen LogP contribution in [0.15, 0.2) is 0 Å². The van der Waals surface area contributed by atoms with Crippen molar-refractivity contribution >= 4 is 35.3 Å². The van der Waals surface area contributed by atoms with E-state index < -0.39 is 0 Å². The highest BCUT2D eigenvalue weighted by atomic mass is 35.5. The number of aromatic nitrogens is 3. The van der Waals surface area contributed by atoms with Crippen LogP contribution in [0.3, 0.4) is 0 Å². The van der Waals surface area contributed by atoms with Crippen LogP contribution in [0.25, 0.3) is 0 Å². The summed E-state index contributed by atoms with van der Waals surface area (Å²) in [5.41, 5.74) is 0. The summed E-state index contributed by atoms with van der Waals surface area (Å²) in [6.07, 6.45) is 3.59. The number of hydrogen-bond donors (Lipinski definition) is 0. The van der Waals surface area contributed by atoms with E-state index >= 15 is 0 Å². The predicted molar refractivity (Wildman–Crippen MR) is 80.4 cm³/mol.